The number of aromatic nitrogens is 1. The largest absolute Gasteiger partial charge is 0.260 e. The van der Waals surface area contributed by atoms with Gasteiger partial charge < -0.3 is 0 Å². The summed E-state index contributed by atoms with van der Waals surface area (Å²) in [5.41, 5.74) is 1.85. The molecule has 1 saturated carbocycles. The van der Waals surface area contributed by atoms with Crippen LogP contribution in [0.1, 0.15) is 81.9 Å². The van der Waals surface area contributed by atoms with Crippen molar-refractivity contribution in [1.29, 1.82) is 5.26 Å². The Hall–Kier alpha value is -1.36. The summed E-state index contributed by atoms with van der Waals surface area (Å²) in [6, 6.07) is 6.08. The summed E-state index contributed by atoms with van der Waals surface area (Å²) in [6.45, 7) is 2.27. The Kier molecular flexibility index (Phi) is 6.05. The van der Waals surface area contributed by atoms with Crippen LogP contribution in [0.3, 0.4) is 0 Å². The van der Waals surface area contributed by atoms with E-state index in [1.165, 1.54) is 63.5 Å². The van der Waals surface area contributed by atoms with Gasteiger partial charge in [0.1, 0.15) is 6.07 Å². The molecule has 0 radical (unpaired) electrons. The number of unbranched alkanes of at least 4 members (excludes halogenated alkanes) is 3. The van der Waals surface area contributed by atoms with Crippen molar-refractivity contribution in [2.45, 2.75) is 70.6 Å². The van der Waals surface area contributed by atoms with E-state index in [1.807, 2.05) is 12.1 Å². The molecule has 1 aromatic rings. The number of nitrogens with zero attached hydrogens (tertiary/aromatic N) is 2. The van der Waals surface area contributed by atoms with Crippen molar-refractivity contribution in [1.82, 2.24) is 4.98 Å². The number of pyridine rings is 1. The molecule has 0 unspecified atom stereocenters. The molecule has 0 amide bonds. The second kappa shape index (κ2) is 8.04. The Morgan fingerprint density at radius 1 is 1.15 bits per heavy atom. The van der Waals surface area contributed by atoms with E-state index >= 15 is 0 Å². The molecular formula is C18H26N2. The fourth-order valence-electron chi connectivity index (χ4n) is 3.32. The molecule has 2 rings (SSSR count). The predicted molar refractivity (Wildman–Crippen MR) is 82.4 cm³/mol. The molecule has 20 heavy (non-hydrogen) atoms. The van der Waals surface area contributed by atoms with Crippen molar-refractivity contribution in [3.63, 3.8) is 0 Å². The smallest absolute Gasteiger partial charge is 0.101 e. The summed E-state index contributed by atoms with van der Waals surface area (Å²) in [4.78, 5) is 4.46. The molecule has 1 fully saturated rings. The molecule has 0 spiro atoms. The van der Waals surface area contributed by atoms with E-state index in [0.29, 0.717) is 11.5 Å². The van der Waals surface area contributed by atoms with E-state index in [0.717, 1.165) is 5.92 Å². The summed E-state index contributed by atoms with van der Waals surface area (Å²) >= 11 is 0. The topological polar surface area (TPSA) is 36.7 Å². The van der Waals surface area contributed by atoms with Gasteiger partial charge in [0.05, 0.1) is 5.56 Å². The maximum absolute atomic E-state index is 8.80. The molecule has 0 aliphatic heterocycles. The van der Waals surface area contributed by atoms with E-state index in [1.54, 1.807) is 6.20 Å². The van der Waals surface area contributed by atoms with Crippen molar-refractivity contribution in [3.8, 4) is 6.07 Å². The van der Waals surface area contributed by atoms with Gasteiger partial charge in [0, 0.05) is 17.8 Å². The quantitative estimate of drug-likeness (QED) is 0.666. The molecule has 2 heteroatoms. The van der Waals surface area contributed by atoms with Crippen LogP contribution >= 0.6 is 0 Å². The highest BCUT2D eigenvalue weighted by atomic mass is 14.7. The first kappa shape index (κ1) is 15.0. The van der Waals surface area contributed by atoms with Gasteiger partial charge in [0.15, 0.2) is 0 Å². The van der Waals surface area contributed by atoms with E-state index < -0.39 is 0 Å². The first-order valence-corrected chi connectivity index (χ1v) is 8.19. The highest BCUT2D eigenvalue weighted by molar-refractivity contribution is 5.27. The van der Waals surface area contributed by atoms with Crippen LogP contribution in [0, 0.1) is 17.2 Å². The molecule has 108 valence electrons. The lowest BCUT2D eigenvalue weighted by Crippen LogP contribution is -2.14. The van der Waals surface area contributed by atoms with Crippen LogP contribution in [-0.4, -0.2) is 4.98 Å². The Morgan fingerprint density at radius 2 is 1.95 bits per heavy atom. The van der Waals surface area contributed by atoms with Gasteiger partial charge in [0.2, 0.25) is 0 Å². The number of rotatable bonds is 6. The van der Waals surface area contributed by atoms with Gasteiger partial charge in [-0.15, -0.1) is 0 Å². The van der Waals surface area contributed by atoms with Crippen LogP contribution in [0.2, 0.25) is 0 Å². The van der Waals surface area contributed by atoms with Gasteiger partial charge in [-0.05, 0) is 43.7 Å². The van der Waals surface area contributed by atoms with Gasteiger partial charge in [-0.3, -0.25) is 4.98 Å². The lowest BCUT2D eigenvalue weighted by atomic mass is 9.78. The maximum Gasteiger partial charge on any atom is 0.101 e. The summed E-state index contributed by atoms with van der Waals surface area (Å²) in [5, 5.41) is 8.80. The average molecular weight is 270 g/mol. The Bertz CT molecular complexity index is 422. The zero-order valence-electron chi connectivity index (χ0n) is 12.6. The molecule has 0 N–H and O–H groups in total. The standard InChI is InChI=1S/C18H26N2/c1-2-3-4-5-6-15-7-10-17(11-8-15)18-12-9-16(13-19)14-20-18/h9,12,14-15,17H,2-8,10-11H2,1H3/t15-,17-. The maximum atomic E-state index is 8.80. The fraction of sp³-hybridized carbons (Fsp3) is 0.667. The number of hydrogen-bond donors (Lipinski definition) is 0. The van der Waals surface area contributed by atoms with Crippen LogP contribution in [0.4, 0.5) is 0 Å². The Balaban J connectivity index is 1.74. The third-order valence-corrected chi connectivity index (χ3v) is 4.65. The normalized spacial score (nSPS) is 22.4. The molecule has 1 aliphatic carbocycles. The van der Waals surface area contributed by atoms with E-state index in [4.69, 9.17) is 5.26 Å². The second-order valence-electron chi connectivity index (χ2n) is 6.15. The SMILES string of the molecule is CCCCCC[C@H]1CC[C@H](c2ccc(C#N)cn2)CC1. The van der Waals surface area contributed by atoms with Gasteiger partial charge in [0.25, 0.3) is 0 Å². The van der Waals surface area contributed by atoms with Crippen molar-refractivity contribution < 1.29 is 0 Å². The van der Waals surface area contributed by atoms with Gasteiger partial charge in [-0.25, -0.2) is 0 Å². The Morgan fingerprint density at radius 3 is 2.55 bits per heavy atom. The van der Waals surface area contributed by atoms with Crippen molar-refractivity contribution in [3.05, 3.63) is 29.6 Å². The van der Waals surface area contributed by atoms with Crippen molar-refractivity contribution in [2.75, 3.05) is 0 Å². The van der Waals surface area contributed by atoms with Crippen LogP contribution in [0.15, 0.2) is 18.3 Å². The minimum Gasteiger partial charge on any atom is -0.260 e. The zero-order chi connectivity index (χ0) is 14.2. The summed E-state index contributed by atoms with van der Waals surface area (Å²) in [7, 11) is 0. The third kappa shape index (κ3) is 4.34. The molecule has 2 nitrogen and oxygen atoms in total. The minimum atomic E-state index is 0.620. The number of hydrogen-bond acceptors (Lipinski definition) is 2. The van der Waals surface area contributed by atoms with Gasteiger partial charge in [-0.2, -0.15) is 5.26 Å². The highest BCUT2D eigenvalue weighted by Crippen LogP contribution is 2.37. The van der Waals surface area contributed by atoms with Crippen LogP contribution in [0.25, 0.3) is 0 Å². The van der Waals surface area contributed by atoms with Crippen molar-refractivity contribution >= 4 is 0 Å². The highest BCUT2D eigenvalue weighted by Gasteiger charge is 2.22. The molecule has 1 aromatic heterocycles. The molecule has 0 aromatic carbocycles. The summed E-state index contributed by atoms with van der Waals surface area (Å²) in [5.74, 6) is 1.57. The average Bonchev–Trinajstić information content (AvgIpc) is 2.52. The minimum absolute atomic E-state index is 0.620. The second-order valence-corrected chi connectivity index (χ2v) is 6.15. The van der Waals surface area contributed by atoms with E-state index in [2.05, 4.69) is 18.0 Å². The first-order valence-electron chi connectivity index (χ1n) is 8.19. The third-order valence-electron chi connectivity index (χ3n) is 4.65. The zero-order valence-corrected chi connectivity index (χ0v) is 12.6. The molecular weight excluding hydrogens is 244 g/mol. The molecule has 1 aliphatic rings. The predicted octanol–water partition coefficient (Wildman–Crippen LogP) is 5.20. The molecule has 0 bridgehead atoms. The van der Waals surface area contributed by atoms with Gasteiger partial charge >= 0.3 is 0 Å². The summed E-state index contributed by atoms with van der Waals surface area (Å²) < 4.78 is 0. The Labute approximate surface area is 123 Å². The monoisotopic (exact) mass is 270 g/mol. The van der Waals surface area contributed by atoms with Crippen LogP contribution < -0.4 is 0 Å². The summed E-state index contributed by atoms with van der Waals surface area (Å²) in [6.07, 6.45) is 14.0. The van der Waals surface area contributed by atoms with Gasteiger partial charge in [-0.1, -0.05) is 39.0 Å². The lowest BCUT2D eigenvalue weighted by molar-refractivity contribution is 0.299. The van der Waals surface area contributed by atoms with Crippen LogP contribution in [-0.2, 0) is 0 Å². The fourth-order valence-corrected chi connectivity index (χ4v) is 3.32. The van der Waals surface area contributed by atoms with Crippen molar-refractivity contribution in [2.24, 2.45) is 5.92 Å². The molecule has 0 saturated heterocycles. The van der Waals surface area contributed by atoms with E-state index in [-0.39, 0.29) is 0 Å². The van der Waals surface area contributed by atoms with E-state index in [9.17, 15) is 0 Å². The number of nitriles is 1. The first-order chi connectivity index (χ1) is 9.83. The molecule has 0 atom stereocenters. The van der Waals surface area contributed by atoms with Crippen LogP contribution in [0.5, 0.6) is 0 Å². The molecule has 1 heterocycles. The lowest BCUT2D eigenvalue weighted by Gasteiger charge is -2.28.